The van der Waals surface area contributed by atoms with Gasteiger partial charge in [-0.15, -0.1) is 0 Å². The smallest absolute Gasteiger partial charge is 0.330 e. The Bertz CT molecular complexity index is 580. The van der Waals surface area contributed by atoms with Crippen molar-refractivity contribution in [3.05, 3.63) is 33.1 Å². The first-order valence-electron chi connectivity index (χ1n) is 5.44. The van der Waals surface area contributed by atoms with Crippen LogP contribution in [0.1, 0.15) is 13.2 Å². The average molecular weight is 276 g/mol. The maximum Gasteiger partial charge on any atom is 0.330 e. The number of halogens is 1. The van der Waals surface area contributed by atoms with Gasteiger partial charge in [-0.2, -0.15) is 0 Å². The van der Waals surface area contributed by atoms with Crippen molar-refractivity contribution in [3.8, 4) is 0 Å². The van der Waals surface area contributed by atoms with Crippen LogP contribution in [0.5, 0.6) is 0 Å². The predicted molar refractivity (Wildman–Crippen MR) is 59.0 cm³/mol. The van der Waals surface area contributed by atoms with Crippen molar-refractivity contribution in [2.24, 2.45) is 0 Å². The molecule has 0 saturated carbocycles. The van der Waals surface area contributed by atoms with Crippen LogP contribution in [0.2, 0.25) is 0 Å². The van der Waals surface area contributed by atoms with E-state index in [2.05, 4.69) is 0 Å². The molecule has 1 aromatic rings. The molecule has 0 aliphatic carbocycles. The minimum absolute atomic E-state index is 0.651. The molecular weight excluding hydrogens is 263 g/mol. The molecule has 1 unspecified atom stereocenters. The van der Waals surface area contributed by atoms with Crippen LogP contribution in [-0.2, 0) is 4.74 Å². The zero-order valence-corrected chi connectivity index (χ0v) is 9.86. The summed E-state index contributed by atoms with van der Waals surface area (Å²) >= 11 is 0. The van der Waals surface area contributed by atoms with Crippen molar-refractivity contribution >= 4 is 0 Å². The van der Waals surface area contributed by atoms with Crippen LogP contribution in [0, 0.1) is 0 Å². The fourth-order valence-corrected chi connectivity index (χ4v) is 2.01. The molecule has 4 N–H and O–H groups in total. The second-order valence-corrected chi connectivity index (χ2v) is 4.51. The maximum atomic E-state index is 12.9. The van der Waals surface area contributed by atoms with Gasteiger partial charge in [0.25, 0.3) is 5.56 Å². The van der Waals surface area contributed by atoms with Gasteiger partial charge in [0.05, 0.1) is 0 Å². The number of aliphatic hydroxyl groups is 3. The summed E-state index contributed by atoms with van der Waals surface area (Å²) in [5.74, 6) is 0. The van der Waals surface area contributed by atoms with Crippen LogP contribution in [0.3, 0.4) is 0 Å². The van der Waals surface area contributed by atoms with Crippen molar-refractivity contribution in [1.29, 1.82) is 0 Å². The third kappa shape index (κ3) is 2.21. The van der Waals surface area contributed by atoms with Gasteiger partial charge in [-0.05, 0) is 6.92 Å². The van der Waals surface area contributed by atoms with Crippen LogP contribution >= 0.6 is 0 Å². The highest BCUT2D eigenvalue weighted by Gasteiger charge is 2.55. The quantitative estimate of drug-likeness (QED) is 0.487. The van der Waals surface area contributed by atoms with Gasteiger partial charge < -0.3 is 20.1 Å². The predicted octanol–water partition coefficient (Wildman–Crippen LogP) is -2.17. The summed E-state index contributed by atoms with van der Waals surface area (Å²) in [6.45, 7) is 1.13. The summed E-state index contributed by atoms with van der Waals surface area (Å²) in [5.41, 5.74) is -3.56. The molecule has 1 aliphatic heterocycles. The van der Waals surface area contributed by atoms with Crippen LogP contribution in [-0.4, -0.2) is 49.0 Å². The van der Waals surface area contributed by atoms with E-state index < -0.39 is 41.6 Å². The maximum absolute atomic E-state index is 12.9. The van der Waals surface area contributed by atoms with Gasteiger partial charge in [0, 0.05) is 12.3 Å². The number of nitrogens with one attached hydrogen (secondary N) is 1. The fourth-order valence-electron chi connectivity index (χ4n) is 2.01. The number of aromatic nitrogens is 2. The average Bonchev–Trinajstić information content (AvgIpc) is 2.52. The van der Waals surface area contributed by atoms with E-state index in [0.717, 1.165) is 23.8 Å². The Morgan fingerprint density at radius 3 is 2.68 bits per heavy atom. The standard InChI is InChI=1S/C10H13FN2O6/c1-10(18)6(15)5(7(11)16)19-8(10)13-3-2-4(14)12-9(13)17/h2-3,5-8,15-16,18H,1H3,(H,12,14,17)/t5-,6+,7?,8+,10+/m0/s1. The van der Waals surface area contributed by atoms with Gasteiger partial charge in [0.2, 0.25) is 6.36 Å². The lowest BCUT2D eigenvalue weighted by Crippen LogP contribution is -2.47. The van der Waals surface area contributed by atoms with Crippen LogP contribution in [0.4, 0.5) is 4.39 Å². The number of H-pyrrole nitrogens is 1. The third-order valence-corrected chi connectivity index (χ3v) is 3.07. The molecule has 1 saturated heterocycles. The van der Waals surface area contributed by atoms with Gasteiger partial charge in [-0.25, -0.2) is 9.18 Å². The molecule has 9 heteroatoms. The van der Waals surface area contributed by atoms with E-state index in [1.165, 1.54) is 0 Å². The topological polar surface area (TPSA) is 125 Å². The number of rotatable bonds is 2. The van der Waals surface area contributed by atoms with Gasteiger partial charge >= 0.3 is 5.69 Å². The Morgan fingerprint density at radius 1 is 1.58 bits per heavy atom. The van der Waals surface area contributed by atoms with Crippen molar-refractivity contribution < 1.29 is 24.4 Å². The van der Waals surface area contributed by atoms with Crippen LogP contribution in [0.25, 0.3) is 0 Å². The number of aromatic amines is 1. The summed E-state index contributed by atoms with van der Waals surface area (Å²) in [4.78, 5) is 24.4. The van der Waals surface area contributed by atoms with E-state index in [4.69, 9.17) is 9.84 Å². The molecule has 1 fully saturated rings. The fraction of sp³-hybridized carbons (Fsp3) is 0.600. The Kier molecular flexibility index (Phi) is 3.31. The molecule has 106 valence electrons. The van der Waals surface area contributed by atoms with Crippen LogP contribution < -0.4 is 11.2 Å². The van der Waals surface area contributed by atoms with Gasteiger partial charge in [-0.1, -0.05) is 0 Å². The molecule has 0 bridgehead atoms. The largest absolute Gasteiger partial charge is 0.387 e. The van der Waals surface area contributed by atoms with Gasteiger partial charge in [-0.3, -0.25) is 14.3 Å². The van der Waals surface area contributed by atoms with Crippen molar-refractivity contribution in [2.75, 3.05) is 0 Å². The molecule has 1 aliphatic rings. The highest BCUT2D eigenvalue weighted by Crippen LogP contribution is 2.38. The summed E-state index contributed by atoms with van der Waals surface area (Å²) in [5, 5.41) is 28.6. The molecule has 0 amide bonds. The third-order valence-electron chi connectivity index (χ3n) is 3.07. The van der Waals surface area contributed by atoms with E-state index in [1.807, 2.05) is 4.98 Å². The molecule has 19 heavy (non-hydrogen) atoms. The number of nitrogens with zero attached hydrogens (tertiary/aromatic N) is 1. The Balaban J connectivity index is 2.45. The highest BCUT2D eigenvalue weighted by atomic mass is 19.1. The zero-order valence-electron chi connectivity index (χ0n) is 9.86. The summed E-state index contributed by atoms with van der Waals surface area (Å²) < 4.78 is 18.6. The molecule has 1 aromatic heterocycles. The SMILES string of the molecule is C[C@@]1(O)[C@H](O)[C@@H](C(O)F)O[C@H]1n1ccc(=O)[nH]c1=O. The molecule has 0 radical (unpaired) electrons. The summed E-state index contributed by atoms with van der Waals surface area (Å²) in [7, 11) is 0. The minimum atomic E-state index is -2.52. The van der Waals surface area contributed by atoms with E-state index in [9.17, 15) is 24.2 Å². The van der Waals surface area contributed by atoms with Crippen LogP contribution in [0.15, 0.2) is 21.9 Å². The molecule has 0 spiro atoms. The minimum Gasteiger partial charge on any atom is -0.387 e. The Hall–Kier alpha value is -1.55. The first-order valence-corrected chi connectivity index (χ1v) is 5.44. The lowest BCUT2D eigenvalue weighted by molar-refractivity contribution is -0.133. The normalized spacial score (nSPS) is 36.4. The van der Waals surface area contributed by atoms with Crippen molar-refractivity contribution in [1.82, 2.24) is 9.55 Å². The highest BCUT2D eigenvalue weighted by molar-refractivity contribution is 5.01. The van der Waals surface area contributed by atoms with E-state index in [-0.39, 0.29) is 0 Å². The van der Waals surface area contributed by atoms with E-state index in [1.54, 1.807) is 0 Å². The van der Waals surface area contributed by atoms with E-state index in [0.29, 0.717) is 0 Å². The number of alkyl halides is 1. The molecular formula is C10H13FN2O6. The summed E-state index contributed by atoms with van der Waals surface area (Å²) in [6, 6.07) is 1.01. The number of ether oxygens (including phenoxy) is 1. The second kappa shape index (κ2) is 4.53. The number of hydrogen-bond donors (Lipinski definition) is 4. The monoisotopic (exact) mass is 276 g/mol. The van der Waals surface area contributed by atoms with Crippen molar-refractivity contribution in [2.45, 2.75) is 37.3 Å². The molecule has 8 nitrogen and oxygen atoms in total. The van der Waals surface area contributed by atoms with Gasteiger partial charge in [0.1, 0.15) is 17.8 Å². The Labute approximate surface area is 105 Å². The number of aliphatic hydroxyl groups excluding tert-OH is 2. The zero-order chi connectivity index (χ0) is 14.4. The lowest BCUT2D eigenvalue weighted by atomic mass is 9.96. The Morgan fingerprint density at radius 2 is 2.21 bits per heavy atom. The first-order chi connectivity index (χ1) is 8.75. The summed E-state index contributed by atoms with van der Waals surface area (Å²) in [6.07, 6.45) is -6.36. The number of hydrogen-bond acceptors (Lipinski definition) is 6. The van der Waals surface area contributed by atoms with E-state index >= 15 is 0 Å². The van der Waals surface area contributed by atoms with Gasteiger partial charge in [0.15, 0.2) is 6.23 Å². The molecule has 2 heterocycles. The molecule has 0 aromatic carbocycles. The van der Waals surface area contributed by atoms with Crippen molar-refractivity contribution in [3.63, 3.8) is 0 Å². The molecule has 2 rings (SSSR count). The first kappa shape index (κ1) is 13.9. The second-order valence-electron chi connectivity index (χ2n) is 4.51. The molecule has 5 atom stereocenters. The lowest BCUT2D eigenvalue weighted by Gasteiger charge is -2.27.